The second-order valence-electron chi connectivity index (χ2n) is 3.16. The molecule has 1 aromatic carbocycles. The van der Waals surface area contributed by atoms with Crippen LogP contribution in [0, 0.1) is 0 Å². The van der Waals surface area contributed by atoms with Gasteiger partial charge in [0.25, 0.3) is 0 Å². The summed E-state index contributed by atoms with van der Waals surface area (Å²) in [6.45, 7) is 0. The van der Waals surface area contributed by atoms with Crippen LogP contribution in [0.25, 0.3) is 6.08 Å². The highest BCUT2D eigenvalue weighted by atomic mass is 16.4. The van der Waals surface area contributed by atoms with Crippen molar-refractivity contribution in [1.82, 2.24) is 0 Å². The first kappa shape index (κ1) is 10.3. The van der Waals surface area contributed by atoms with Crippen LogP contribution >= 0.6 is 0 Å². The molecule has 0 fully saturated rings. The van der Waals surface area contributed by atoms with Gasteiger partial charge in [-0.2, -0.15) is 0 Å². The van der Waals surface area contributed by atoms with E-state index in [2.05, 4.69) is 0 Å². The van der Waals surface area contributed by atoms with E-state index >= 15 is 0 Å². The van der Waals surface area contributed by atoms with E-state index in [1.54, 1.807) is 6.08 Å². The Bertz CT molecular complexity index is 339. The van der Waals surface area contributed by atoms with Crippen molar-refractivity contribution >= 4 is 17.7 Å². The van der Waals surface area contributed by atoms with E-state index < -0.39 is 5.97 Å². The summed E-state index contributed by atoms with van der Waals surface area (Å²) in [7, 11) is 3.92. The predicted molar refractivity (Wildman–Crippen MR) is 57.4 cm³/mol. The SMILES string of the molecule is CN(C)c1ccc(C=CC(=O)O)cc1. The van der Waals surface area contributed by atoms with Crippen molar-refractivity contribution in [2.24, 2.45) is 0 Å². The van der Waals surface area contributed by atoms with E-state index in [0.29, 0.717) is 0 Å². The number of carboxylic acid groups (broad SMARTS) is 1. The van der Waals surface area contributed by atoms with Gasteiger partial charge in [-0.3, -0.25) is 0 Å². The molecule has 0 aliphatic carbocycles. The molecule has 0 aliphatic rings. The van der Waals surface area contributed by atoms with E-state index in [1.807, 2.05) is 43.3 Å². The van der Waals surface area contributed by atoms with E-state index in [4.69, 9.17) is 5.11 Å². The molecule has 0 aliphatic heterocycles. The summed E-state index contributed by atoms with van der Waals surface area (Å²) < 4.78 is 0. The van der Waals surface area contributed by atoms with Gasteiger partial charge in [-0.25, -0.2) is 4.79 Å². The number of nitrogens with zero attached hydrogens (tertiary/aromatic N) is 1. The van der Waals surface area contributed by atoms with Crippen molar-refractivity contribution in [1.29, 1.82) is 0 Å². The summed E-state index contributed by atoms with van der Waals surface area (Å²) in [6.07, 6.45) is 2.70. The first-order valence-electron chi connectivity index (χ1n) is 4.28. The molecule has 14 heavy (non-hydrogen) atoms. The molecule has 0 saturated heterocycles. The molecule has 0 aromatic heterocycles. The molecule has 0 unspecified atom stereocenters. The van der Waals surface area contributed by atoms with Crippen LogP contribution in [-0.4, -0.2) is 25.2 Å². The smallest absolute Gasteiger partial charge is 0.328 e. The van der Waals surface area contributed by atoms with Gasteiger partial charge in [-0.15, -0.1) is 0 Å². The van der Waals surface area contributed by atoms with E-state index in [1.165, 1.54) is 0 Å². The lowest BCUT2D eigenvalue weighted by molar-refractivity contribution is -0.131. The Morgan fingerprint density at radius 1 is 1.29 bits per heavy atom. The minimum Gasteiger partial charge on any atom is -0.478 e. The Hall–Kier alpha value is -1.77. The molecule has 0 amide bonds. The van der Waals surface area contributed by atoms with Crippen LogP contribution in [0.1, 0.15) is 5.56 Å². The third-order valence-corrected chi connectivity index (χ3v) is 1.83. The number of benzene rings is 1. The normalized spacial score (nSPS) is 10.4. The highest BCUT2D eigenvalue weighted by Gasteiger charge is 1.93. The molecule has 3 heteroatoms. The second kappa shape index (κ2) is 4.46. The Morgan fingerprint density at radius 3 is 2.29 bits per heavy atom. The average molecular weight is 191 g/mol. The molecule has 1 aromatic rings. The molecule has 0 spiro atoms. The van der Waals surface area contributed by atoms with Crippen molar-refractivity contribution in [3.63, 3.8) is 0 Å². The maximum absolute atomic E-state index is 10.3. The van der Waals surface area contributed by atoms with Crippen LogP contribution in [0.15, 0.2) is 30.3 Å². The van der Waals surface area contributed by atoms with Crippen LogP contribution in [-0.2, 0) is 4.79 Å². The summed E-state index contributed by atoms with van der Waals surface area (Å²) in [5.41, 5.74) is 1.98. The molecular weight excluding hydrogens is 178 g/mol. The van der Waals surface area contributed by atoms with Crippen molar-refractivity contribution in [3.05, 3.63) is 35.9 Å². The number of hydrogen-bond donors (Lipinski definition) is 1. The van der Waals surface area contributed by atoms with Crippen LogP contribution in [0.2, 0.25) is 0 Å². The van der Waals surface area contributed by atoms with Gasteiger partial charge >= 0.3 is 5.97 Å². The zero-order chi connectivity index (χ0) is 10.6. The monoisotopic (exact) mass is 191 g/mol. The molecule has 0 bridgehead atoms. The highest BCUT2D eigenvalue weighted by molar-refractivity contribution is 5.85. The molecule has 74 valence electrons. The van der Waals surface area contributed by atoms with Gasteiger partial charge in [-0.05, 0) is 23.8 Å². The average Bonchev–Trinajstić information content (AvgIpc) is 2.15. The summed E-state index contributed by atoms with van der Waals surface area (Å²) >= 11 is 0. The molecule has 0 radical (unpaired) electrons. The third-order valence-electron chi connectivity index (χ3n) is 1.83. The number of anilines is 1. The topological polar surface area (TPSA) is 40.5 Å². The van der Waals surface area contributed by atoms with E-state index in [-0.39, 0.29) is 0 Å². The van der Waals surface area contributed by atoms with Crippen molar-refractivity contribution < 1.29 is 9.90 Å². The predicted octanol–water partition coefficient (Wildman–Crippen LogP) is 1.85. The summed E-state index contributed by atoms with van der Waals surface area (Å²) in [5.74, 6) is -0.929. The Labute approximate surface area is 83.3 Å². The van der Waals surface area contributed by atoms with Crippen LogP contribution in [0.4, 0.5) is 5.69 Å². The third kappa shape index (κ3) is 2.94. The van der Waals surface area contributed by atoms with Gasteiger partial charge in [0.15, 0.2) is 0 Å². The number of hydrogen-bond acceptors (Lipinski definition) is 2. The molecule has 0 heterocycles. The van der Waals surface area contributed by atoms with Crippen LogP contribution in [0.3, 0.4) is 0 Å². The van der Waals surface area contributed by atoms with E-state index in [9.17, 15) is 4.79 Å². The Kier molecular flexibility index (Phi) is 3.29. The van der Waals surface area contributed by atoms with Crippen LogP contribution < -0.4 is 4.90 Å². The Balaban J connectivity index is 2.78. The van der Waals surface area contributed by atoms with Crippen molar-refractivity contribution in [2.75, 3.05) is 19.0 Å². The van der Waals surface area contributed by atoms with Crippen molar-refractivity contribution in [3.8, 4) is 0 Å². The van der Waals surface area contributed by atoms with Crippen molar-refractivity contribution in [2.45, 2.75) is 0 Å². The summed E-state index contributed by atoms with van der Waals surface area (Å²) in [5, 5.41) is 8.42. The molecule has 3 nitrogen and oxygen atoms in total. The number of carbonyl (C=O) groups is 1. The minimum absolute atomic E-state index is 0.887. The Morgan fingerprint density at radius 2 is 1.86 bits per heavy atom. The van der Waals surface area contributed by atoms with Gasteiger partial charge in [0.05, 0.1) is 0 Å². The van der Waals surface area contributed by atoms with Gasteiger partial charge in [-0.1, -0.05) is 12.1 Å². The zero-order valence-electron chi connectivity index (χ0n) is 8.27. The van der Waals surface area contributed by atoms with Gasteiger partial charge < -0.3 is 10.0 Å². The van der Waals surface area contributed by atoms with Crippen LogP contribution in [0.5, 0.6) is 0 Å². The lowest BCUT2D eigenvalue weighted by atomic mass is 10.2. The van der Waals surface area contributed by atoms with E-state index in [0.717, 1.165) is 17.3 Å². The fourth-order valence-corrected chi connectivity index (χ4v) is 1.05. The summed E-state index contributed by atoms with van der Waals surface area (Å²) in [4.78, 5) is 12.2. The fourth-order valence-electron chi connectivity index (χ4n) is 1.05. The molecule has 1 rings (SSSR count). The lowest BCUT2D eigenvalue weighted by Gasteiger charge is -2.11. The van der Waals surface area contributed by atoms with Gasteiger partial charge in [0.1, 0.15) is 0 Å². The summed E-state index contributed by atoms with van der Waals surface area (Å²) in [6, 6.07) is 7.66. The second-order valence-corrected chi connectivity index (χ2v) is 3.16. The zero-order valence-corrected chi connectivity index (χ0v) is 8.27. The molecule has 0 saturated carbocycles. The quantitative estimate of drug-likeness (QED) is 0.741. The largest absolute Gasteiger partial charge is 0.478 e. The van der Waals surface area contributed by atoms with Gasteiger partial charge in [0.2, 0.25) is 0 Å². The molecular formula is C11H13NO2. The molecule has 1 N–H and O–H groups in total. The standard InChI is InChI=1S/C11H13NO2/c1-12(2)10-6-3-9(4-7-10)5-8-11(13)14/h3-8H,1-2H3,(H,13,14). The maximum Gasteiger partial charge on any atom is 0.328 e. The number of rotatable bonds is 3. The first-order valence-corrected chi connectivity index (χ1v) is 4.28. The highest BCUT2D eigenvalue weighted by Crippen LogP contribution is 2.12. The minimum atomic E-state index is -0.929. The maximum atomic E-state index is 10.3. The lowest BCUT2D eigenvalue weighted by Crippen LogP contribution is -2.07. The van der Waals surface area contributed by atoms with Gasteiger partial charge in [0, 0.05) is 25.9 Å². The number of carboxylic acids is 1. The fraction of sp³-hybridized carbons (Fsp3) is 0.182. The number of aliphatic carboxylic acids is 1. The molecule has 0 atom stereocenters. The first-order chi connectivity index (χ1) is 6.59.